The number of hydrogen-bond acceptors (Lipinski definition) is 6. The predicted molar refractivity (Wildman–Crippen MR) is 98.2 cm³/mol. The van der Waals surface area contributed by atoms with Crippen LogP contribution in [-0.2, 0) is 5.41 Å². The first-order chi connectivity index (χ1) is 11.9. The molecule has 1 aromatic heterocycles. The fraction of sp³-hybridized carbons (Fsp3) is 0.579. The van der Waals surface area contributed by atoms with Gasteiger partial charge in [-0.25, -0.2) is 0 Å². The average molecular weight is 344 g/mol. The molecule has 0 saturated carbocycles. The fourth-order valence-corrected chi connectivity index (χ4v) is 3.04. The third-order valence-electron chi connectivity index (χ3n) is 4.75. The van der Waals surface area contributed by atoms with Crippen LogP contribution in [-0.4, -0.2) is 48.3 Å². The van der Waals surface area contributed by atoms with E-state index in [1.54, 1.807) is 7.11 Å². The monoisotopic (exact) mass is 344 g/mol. The van der Waals surface area contributed by atoms with Crippen LogP contribution in [0.25, 0.3) is 0 Å². The lowest BCUT2D eigenvalue weighted by molar-refractivity contribution is 0.164. The summed E-state index contributed by atoms with van der Waals surface area (Å²) < 4.78 is 10.8. The lowest BCUT2D eigenvalue weighted by Gasteiger charge is -2.38. The van der Waals surface area contributed by atoms with Crippen LogP contribution < -0.4 is 9.64 Å². The molecule has 1 aromatic carbocycles. The molecule has 0 unspecified atom stereocenters. The molecule has 1 aliphatic heterocycles. The Bertz CT molecular complexity index is 699. The van der Waals surface area contributed by atoms with Crippen molar-refractivity contribution in [3.63, 3.8) is 0 Å². The maximum absolute atomic E-state index is 5.52. The van der Waals surface area contributed by atoms with Gasteiger partial charge in [-0.1, -0.05) is 32.0 Å². The van der Waals surface area contributed by atoms with Gasteiger partial charge >= 0.3 is 0 Å². The summed E-state index contributed by atoms with van der Waals surface area (Å²) in [5.41, 5.74) is 1.12. The first kappa shape index (κ1) is 17.7. The highest BCUT2D eigenvalue weighted by Crippen LogP contribution is 2.26. The molecule has 6 nitrogen and oxygen atoms in total. The van der Waals surface area contributed by atoms with Crippen LogP contribution >= 0.6 is 0 Å². The second-order valence-corrected chi connectivity index (χ2v) is 7.61. The van der Waals surface area contributed by atoms with Crippen molar-refractivity contribution in [2.24, 2.45) is 0 Å². The molecule has 1 fully saturated rings. The van der Waals surface area contributed by atoms with Crippen LogP contribution in [0.15, 0.2) is 28.8 Å². The molecule has 0 amide bonds. The zero-order chi connectivity index (χ0) is 18.0. The number of ether oxygens (including phenoxy) is 1. The van der Waals surface area contributed by atoms with E-state index in [0.717, 1.165) is 37.8 Å². The fourth-order valence-electron chi connectivity index (χ4n) is 3.04. The molecule has 0 bridgehead atoms. The van der Waals surface area contributed by atoms with Crippen LogP contribution in [0.1, 0.15) is 45.5 Å². The largest absolute Gasteiger partial charge is 0.497 e. The summed E-state index contributed by atoms with van der Waals surface area (Å²) >= 11 is 0. The first-order valence-electron chi connectivity index (χ1n) is 8.85. The van der Waals surface area contributed by atoms with Crippen LogP contribution in [0.2, 0.25) is 0 Å². The smallest absolute Gasteiger partial charge is 0.243 e. The van der Waals surface area contributed by atoms with E-state index in [2.05, 4.69) is 59.8 Å². The van der Waals surface area contributed by atoms with E-state index >= 15 is 0 Å². The van der Waals surface area contributed by atoms with Gasteiger partial charge in [-0.2, -0.15) is 4.98 Å². The van der Waals surface area contributed by atoms with E-state index in [1.807, 2.05) is 12.1 Å². The van der Waals surface area contributed by atoms with Crippen molar-refractivity contribution in [2.75, 3.05) is 38.2 Å². The Labute approximate surface area is 149 Å². The van der Waals surface area contributed by atoms with Gasteiger partial charge in [0.05, 0.1) is 13.2 Å². The first-order valence-corrected chi connectivity index (χ1v) is 8.85. The Balaban J connectivity index is 1.62. The average Bonchev–Trinajstić information content (AvgIpc) is 3.12. The molecule has 0 aliphatic carbocycles. The molecule has 2 heterocycles. The number of anilines is 1. The van der Waals surface area contributed by atoms with Gasteiger partial charge in [0.2, 0.25) is 5.89 Å². The van der Waals surface area contributed by atoms with Crippen molar-refractivity contribution >= 4 is 5.69 Å². The standard InChI is InChI=1S/C19H28N4O2/c1-14(17-20-18(21-25-17)19(2,3)4)22-9-11-23(12-10-22)15-7-6-8-16(13-15)24-5/h6-8,13-14H,9-12H2,1-5H3/t14-/m0/s1. The van der Waals surface area contributed by atoms with Crippen molar-refractivity contribution < 1.29 is 9.26 Å². The topological polar surface area (TPSA) is 54.6 Å². The van der Waals surface area contributed by atoms with E-state index in [0.29, 0.717) is 5.89 Å². The zero-order valence-corrected chi connectivity index (χ0v) is 15.8. The van der Waals surface area contributed by atoms with Gasteiger partial charge in [-0.05, 0) is 19.1 Å². The Kier molecular flexibility index (Phi) is 4.99. The quantitative estimate of drug-likeness (QED) is 0.848. The summed E-state index contributed by atoms with van der Waals surface area (Å²) in [7, 11) is 1.70. The summed E-state index contributed by atoms with van der Waals surface area (Å²) in [4.78, 5) is 9.40. The molecule has 6 heteroatoms. The highest BCUT2D eigenvalue weighted by atomic mass is 16.5. The Morgan fingerprint density at radius 1 is 1.16 bits per heavy atom. The SMILES string of the molecule is COc1cccc(N2CCN([C@@H](C)c3nc(C(C)(C)C)no3)CC2)c1. The minimum Gasteiger partial charge on any atom is -0.497 e. The van der Waals surface area contributed by atoms with E-state index < -0.39 is 0 Å². The summed E-state index contributed by atoms with van der Waals surface area (Å²) in [6, 6.07) is 8.37. The third kappa shape index (κ3) is 3.95. The number of piperazine rings is 1. The van der Waals surface area contributed by atoms with Gasteiger partial charge in [-0.15, -0.1) is 0 Å². The minimum absolute atomic E-state index is 0.0907. The number of benzene rings is 1. The van der Waals surface area contributed by atoms with Crippen LogP contribution in [0.4, 0.5) is 5.69 Å². The zero-order valence-electron chi connectivity index (χ0n) is 15.8. The van der Waals surface area contributed by atoms with E-state index in [9.17, 15) is 0 Å². The Morgan fingerprint density at radius 3 is 2.48 bits per heavy atom. The van der Waals surface area contributed by atoms with Crippen LogP contribution in [0.3, 0.4) is 0 Å². The number of rotatable bonds is 4. The number of methoxy groups -OCH3 is 1. The number of hydrogen-bond donors (Lipinski definition) is 0. The summed E-state index contributed by atoms with van der Waals surface area (Å²) in [5, 5.41) is 4.15. The molecule has 3 rings (SSSR count). The number of nitrogens with zero attached hydrogens (tertiary/aromatic N) is 4. The summed E-state index contributed by atoms with van der Waals surface area (Å²) in [6.07, 6.45) is 0. The van der Waals surface area contributed by atoms with Gasteiger partial charge in [0.25, 0.3) is 0 Å². The molecule has 1 aliphatic rings. The molecule has 0 radical (unpaired) electrons. The summed E-state index contributed by atoms with van der Waals surface area (Å²) in [6.45, 7) is 12.3. The van der Waals surface area contributed by atoms with E-state index in [4.69, 9.17) is 9.26 Å². The maximum Gasteiger partial charge on any atom is 0.243 e. The number of aromatic nitrogens is 2. The highest BCUT2D eigenvalue weighted by Gasteiger charge is 2.28. The minimum atomic E-state index is -0.0907. The Hall–Kier alpha value is -2.08. The third-order valence-corrected chi connectivity index (χ3v) is 4.75. The second kappa shape index (κ2) is 7.04. The van der Waals surface area contributed by atoms with Crippen molar-refractivity contribution in [2.45, 2.75) is 39.2 Å². The molecule has 2 aromatic rings. The molecule has 0 N–H and O–H groups in total. The van der Waals surface area contributed by atoms with Crippen LogP contribution in [0, 0.1) is 0 Å². The molecule has 136 valence electrons. The molecule has 0 spiro atoms. The Morgan fingerprint density at radius 2 is 1.88 bits per heavy atom. The predicted octanol–water partition coefficient (Wildman–Crippen LogP) is 3.26. The van der Waals surface area contributed by atoms with Crippen LogP contribution in [0.5, 0.6) is 5.75 Å². The normalized spacial score (nSPS) is 17.6. The maximum atomic E-state index is 5.52. The molecule has 1 saturated heterocycles. The van der Waals surface area contributed by atoms with Crippen molar-refractivity contribution in [1.29, 1.82) is 0 Å². The van der Waals surface area contributed by atoms with Crippen molar-refractivity contribution in [3.8, 4) is 5.75 Å². The molecule has 1 atom stereocenters. The lowest BCUT2D eigenvalue weighted by atomic mass is 9.96. The lowest BCUT2D eigenvalue weighted by Crippen LogP contribution is -2.47. The highest BCUT2D eigenvalue weighted by molar-refractivity contribution is 5.51. The molecular formula is C19H28N4O2. The van der Waals surface area contributed by atoms with E-state index in [-0.39, 0.29) is 11.5 Å². The summed E-state index contributed by atoms with van der Waals surface area (Å²) in [5.74, 6) is 2.37. The van der Waals surface area contributed by atoms with Gasteiger partial charge in [-0.3, -0.25) is 4.90 Å². The van der Waals surface area contributed by atoms with Gasteiger partial charge in [0.15, 0.2) is 5.82 Å². The van der Waals surface area contributed by atoms with E-state index in [1.165, 1.54) is 5.69 Å². The van der Waals surface area contributed by atoms with Gasteiger partial charge in [0, 0.05) is 43.3 Å². The van der Waals surface area contributed by atoms with Gasteiger partial charge < -0.3 is 14.2 Å². The van der Waals surface area contributed by atoms with Crippen molar-refractivity contribution in [3.05, 3.63) is 36.0 Å². The molecule has 25 heavy (non-hydrogen) atoms. The van der Waals surface area contributed by atoms with Crippen molar-refractivity contribution in [1.82, 2.24) is 15.0 Å². The molecular weight excluding hydrogens is 316 g/mol. The van der Waals surface area contributed by atoms with Gasteiger partial charge in [0.1, 0.15) is 5.75 Å². The second-order valence-electron chi connectivity index (χ2n) is 7.61.